The van der Waals surface area contributed by atoms with Gasteiger partial charge in [0.25, 0.3) is 0 Å². The summed E-state index contributed by atoms with van der Waals surface area (Å²) in [5.74, 6) is 1.15. The van der Waals surface area contributed by atoms with Crippen molar-refractivity contribution >= 4 is 0 Å². The lowest BCUT2D eigenvalue weighted by Crippen LogP contribution is -2.00. The Balaban J connectivity index is 1.51. The molecular formula is C18H19N7O. The molecular weight excluding hydrogens is 330 g/mol. The largest absolute Gasteiger partial charge is 0.339 e. The summed E-state index contributed by atoms with van der Waals surface area (Å²) in [6, 6.07) is 8.02. The predicted octanol–water partition coefficient (Wildman–Crippen LogP) is 2.88. The van der Waals surface area contributed by atoms with Crippen LogP contribution in [0.15, 0.2) is 41.2 Å². The van der Waals surface area contributed by atoms with E-state index in [-0.39, 0.29) is 0 Å². The molecule has 1 aromatic carbocycles. The van der Waals surface area contributed by atoms with Crippen molar-refractivity contribution in [1.29, 1.82) is 0 Å². The molecule has 3 heterocycles. The Hall–Kier alpha value is -3.29. The predicted molar refractivity (Wildman–Crippen MR) is 95.2 cm³/mol. The van der Waals surface area contributed by atoms with Gasteiger partial charge in [0.05, 0.1) is 18.4 Å². The van der Waals surface area contributed by atoms with Crippen LogP contribution < -0.4 is 0 Å². The molecule has 0 fully saturated rings. The monoisotopic (exact) mass is 349 g/mol. The molecule has 4 rings (SSSR count). The van der Waals surface area contributed by atoms with E-state index in [9.17, 15) is 0 Å². The van der Waals surface area contributed by atoms with Crippen molar-refractivity contribution in [1.82, 2.24) is 34.9 Å². The van der Waals surface area contributed by atoms with Crippen molar-refractivity contribution in [3.63, 3.8) is 0 Å². The lowest BCUT2D eigenvalue weighted by Gasteiger charge is -2.01. The summed E-state index contributed by atoms with van der Waals surface area (Å²) in [5.41, 5.74) is 4.85. The molecule has 0 spiro atoms. The first-order valence-corrected chi connectivity index (χ1v) is 8.46. The highest BCUT2D eigenvalue weighted by molar-refractivity contribution is 5.59. The quantitative estimate of drug-likeness (QED) is 0.550. The zero-order chi connectivity index (χ0) is 18.1. The summed E-state index contributed by atoms with van der Waals surface area (Å²) in [7, 11) is 0. The van der Waals surface area contributed by atoms with E-state index in [0.717, 1.165) is 34.6 Å². The average Bonchev–Trinajstić information content (AvgIpc) is 3.36. The summed E-state index contributed by atoms with van der Waals surface area (Å²) < 4.78 is 8.75. The van der Waals surface area contributed by atoms with Gasteiger partial charge in [0.2, 0.25) is 11.7 Å². The molecule has 0 amide bonds. The Morgan fingerprint density at radius 1 is 1.04 bits per heavy atom. The van der Waals surface area contributed by atoms with Crippen LogP contribution >= 0.6 is 0 Å². The fourth-order valence-corrected chi connectivity index (χ4v) is 2.79. The number of aromatic nitrogens is 7. The first-order chi connectivity index (χ1) is 12.6. The number of rotatable bonds is 5. The van der Waals surface area contributed by atoms with Crippen LogP contribution in [-0.2, 0) is 13.1 Å². The molecule has 0 atom stereocenters. The summed E-state index contributed by atoms with van der Waals surface area (Å²) >= 11 is 0. The van der Waals surface area contributed by atoms with Gasteiger partial charge in [-0.25, -0.2) is 4.68 Å². The summed E-state index contributed by atoms with van der Waals surface area (Å²) in [4.78, 5) is 4.24. The zero-order valence-electron chi connectivity index (χ0n) is 14.9. The van der Waals surface area contributed by atoms with Crippen LogP contribution in [0.3, 0.4) is 0 Å². The van der Waals surface area contributed by atoms with Gasteiger partial charge >= 0.3 is 0 Å². The Morgan fingerprint density at radius 3 is 2.50 bits per heavy atom. The standard InChI is InChI=1S/C18H19N7O/c1-4-24-10-16(12(2)21-24)17-11-25(23-20-17)9-14-5-7-15(8-6-14)18-19-13(3)26-22-18/h5-8,10-11H,4,9H2,1-3H3. The molecule has 0 saturated heterocycles. The van der Waals surface area contributed by atoms with Crippen LogP contribution in [0.4, 0.5) is 0 Å². The molecule has 3 aromatic heterocycles. The molecule has 0 radical (unpaired) electrons. The normalized spacial score (nSPS) is 11.2. The molecule has 8 heteroatoms. The Morgan fingerprint density at radius 2 is 1.85 bits per heavy atom. The van der Waals surface area contributed by atoms with Gasteiger partial charge < -0.3 is 4.52 Å². The van der Waals surface area contributed by atoms with Crippen molar-refractivity contribution < 1.29 is 4.52 Å². The topological polar surface area (TPSA) is 87.5 Å². The highest BCUT2D eigenvalue weighted by atomic mass is 16.5. The molecule has 4 aromatic rings. The van der Waals surface area contributed by atoms with Gasteiger partial charge in [-0.05, 0) is 19.4 Å². The third-order valence-corrected chi connectivity index (χ3v) is 4.17. The van der Waals surface area contributed by atoms with Crippen molar-refractivity contribution in [2.45, 2.75) is 33.9 Å². The second-order valence-electron chi connectivity index (χ2n) is 6.12. The second-order valence-corrected chi connectivity index (χ2v) is 6.12. The maximum absolute atomic E-state index is 5.02. The van der Waals surface area contributed by atoms with Gasteiger partial charge in [0, 0.05) is 30.8 Å². The molecule has 0 unspecified atom stereocenters. The minimum Gasteiger partial charge on any atom is -0.339 e. The maximum atomic E-state index is 5.02. The fraction of sp³-hybridized carbons (Fsp3) is 0.278. The van der Waals surface area contributed by atoms with Gasteiger partial charge in [0.15, 0.2) is 0 Å². The van der Waals surface area contributed by atoms with E-state index < -0.39 is 0 Å². The van der Waals surface area contributed by atoms with E-state index in [2.05, 4.69) is 32.5 Å². The number of hydrogen-bond donors (Lipinski definition) is 0. The molecule has 0 saturated carbocycles. The smallest absolute Gasteiger partial charge is 0.223 e. The zero-order valence-corrected chi connectivity index (χ0v) is 14.9. The Kier molecular flexibility index (Phi) is 4.08. The first kappa shape index (κ1) is 16.2. The lowest BCUT2D eigenvalue weighted by molar-refractivity contribution is 0.394. The third kappa shape index (κ3) is 3.13. The summed E-state index contributed by atoms with van der Waals surface area (Å²) in [6.07, 6.45) is 3.95. The van der Waals surface area contributed by atoms with E-state index >= 15 is 0 Å². The van der Waals surface area contributed by atoms with Crippen LogP contribution in [0, 0.1) is 13.8 Å². The van der Waals surface area contributed by atoms with Gasteiger partial charge in [-0.2, -0.15) is 10.1 Å². The molecule has 0 N–H and O–H groups in total. The third-order valence-electron chi connectivity index (χ3n) is 4.17. The van der Waals surface area contributed by atoms with Crippen LogP contribution in [0.1, 0.15) is 24.1 Å². The van der Waals surface area contributed by atoms with Crippen molar-refractivity contribution in [3.05, 3.63) is 53.8 Å². The van der Waals surface area contributed by atoms with Crippen LogP contribution in [0.25, 0.3) is 22.6 Å². The molecule has 0 bridgehead atoms. The van der Waals surface area contributed by atoms with Gasteiger partial charge in [-0.1, -0.05) is 34.6 Å². The first-order valence-electron chi connectivity index (χ1n) is 8.46. The van der Waals surface area contributed by atoms with Gasteiger partial charge in [-0.15, -0.1) is 5.10 Å². The average molecular weight is 349 g/mol. The molecule has 8 nitrogen and oxygen atoms in total. The van der Waals surface area contributed by atoms with E-state index in [0.29, 0.717) is 18.3 Å². The molecule has 26 heavy (non-hydrogen) atoms. The van der Waals surface area contributed by atoms with Crippen LogP contribution in [-0.4, -0.2) is 34.9 Å². The highest BCUT2D eigenvalue weighted by Gasteiger charge is 2.11. The van der Waals surface area contributed by atoms with Gasteiger partial charge in [-0.3, -0.25) is 4.68 Å². The van der Waals surface area contributed by atoms with Crippen LogP contribution in [0.5, 0.6) is 0 Å². The van der Waals surface area contributed by atoms with E-state index in [1.54, 1.807) is 6.92 Å². The summed E-state index contributed by atoms with van der Waals surface area (Å²) in [5, 5.41) is 16.9. The van der Waals surface area contributed by atoms with Gasteiger partial charge in [0.1, 0.15) is 5.69 Å². The number of hydrogen-bond acceptors (Lipinski definition) is 6. The molecule has 0 aliphatic carbocycles. The highest BCUT2D eigenvalue weighted by Crippen LogP contribution is 2.20. The van der Waals surface area contributed by atoms with Crippen molar-refractivity contribution in [2.24, 2.45) is 0 Å². The Labute approximate surface area is 150 Å². The minimum absolute atomic E-state index is 0.556. The van der Waals surface area contributed by atoms with E-state index in [1.165, 1.54) is 0 Å². The Bertz CT molecular complexity index is 1030. The SMILES string of the molecule is CCn1cc(-c2cn(Cc3ccc(-c4noc(C)n4)cc3)nn2)c(C)n1. The van der Waals surface area contributed by atoms with Crippen molar-refractivity contribution in [2.75, 3.05) is 0 Å². The van der Waals surface area contributed by atoms with E-state index in [4.69, 9.17) is 4.52 Å². The number of aryl methyl sites for hydroxylation is 3. The number of benzene rings is 1. The fourth-order valence-electron chi connectivity index (χ4n) is 2.79. The molecule has 0 aliphatic heterocycles. The van der Waals surface area contributed by atoms with Crippen molar-refractivity contribution in [3.8, 4) is 22.6 Å². The summed E-state index contributed by atoms with van der Waals surface area (Å²) in [6.45, 7) is 7.30. The molecule has 0 aliphatic rings. The molecule has 132 valence electrons. The van der Waals surface area contributed by atoms with Crippen LogP contribution in [0.2, 0.25) is 0 Å². The second kappa shape index (κ2) is 6.55. The number of nitrogens with zero attached hydrogens (tertiary/aromatic N) is 7. The maximum Gasteiger partial charge on any atom is 0.223 e. The minimum atomic E-state index is 0.556. The van der Waals surface area contributed by atoms with E-state index in [1.807, 2.05) is 52.9 Å². The lowest BCUT2D eigenvalue weighted by atomic mass is 10.1.